The molecule has 0 saturated heterocycles. The van der Waals surface area contributed by atoms with Crippen molar-refractivity contribution in [1.29, 1.82) is 0 Å². The molecule has 0 aromatic heterocycles. The first kappa shape index (κ1) is 21.5. The molecular weight excluding hydrogens is 328 g/mol. The number of amides is 2. The highest BCUT2D eigenvalue weighted by atomic mass is 16.2. The van der Waals surface area contributed by atoms with E-state index in [1.54, 1.807) is 30.6 Å². The molecule has 0 fully saturated rings. The van der Waals surface area contributed by atoms with Crippen molar-refractivity contribution in [3.05, 3.63) is 35.4 Å². The van der Waals surface area contributed by atoms with Gasteiger partial charge in [-0.05, 0) is 41.9 Å². The lowest BCUT2D eigenvalue weighted by Crippen LogP contribution is -2.21. The lowest BCUT2D eigenvalue weighted by atomic mass is 9.93. The molecule has 0 aliphatic carbocycles. The maximum atomic E-state index is 12.1. The molecule has 0 unspecified atom stereocenters. The molecule has 1 rings (SSSR count). The Bertz CT molecular complexity index is 625. The molecule has 2 amide bonds. The summed E-state index contributed by atoms with van der Waals surface area (Å²) < 4.78 is 0. The summed E-state index contributed by atoms with van der Waals surface area (Å²) in [6.07, 6.45) is 4.86. The van der Waals surface area contributed by atoms with Gasteiger partial charge in [0.2, 0.25) is 0 Å². The van der Waals surface area contributed by atoms with E-state index >= 15 is 0 Å². The van der Waals surface area contributed by atoms with Crippen LogP contribution >= 0.6 is 0 Å². The van der Waals surface area contributed by atoms with Crippen LogP contribution in [0.4, 0.5) is 0 Å². The number of hydrogen-bond donors (Lipinski definition) is 2. The molecule has 1 aromatic carbocycles. The number of rotatable bonds is 6. The molecule has 6 heteroatoms. The minimum absolute atomic E-state index is 0.111. The average molecular weight is 358 g/mol. The maximum absolute atomic E-state index is 12.1. The van der Waals surface area contributed by atoms with Crippen LogP contribution in [0.5, 0.6) is 0 Å². The molecule has 0 spiro atoms. The fourth-order valence-corrected chi connectivity index (χ4v) is 1.78. The first-order valence-electron chi connectivity index (χ1n) is 8.72. The van der Waals surface area contributed by atoms with Gasteiger partial charge in [-0.1, -0.05) is 47.6 Å². The second-order valence-electron chi connectivity index (χ2n) is 8.62. The van der Waals surface area contributed by atoms with Crippen LogP contribution in [0.3, 0.4) is 0 Å². The first-order valence-corrected chi connectivity index (χ1v) is 8.72. The van der Waals surface area contributed by atoms with Crippen molar-refractivity contribution in [1.82, 2.24) is 10.9 Å². The van der Waals surface area contributed by atoms with E-state index in [4.69, 9.17) is 0 Å². The molecule has 0 aliphatic rings. The third kappa shape index (κ3) is 9.11. The number of nitrogens with zero attached hydrogens (tertiary/aromatic N) is 2. The van der Waals surface area contributed by atoms with Crippen molar-refractivity contribution in [2.45, 2.75) is 54.4 Å². The molecule has 0 bridgehead atoms. The van der Waals surface area contributed by atoms with Crippen molar-refractivity contribution in [3.8, 4) is 0 Å². The Kier molecular flexibility index (Phi) is 7.68. The summed E-state index contributed by atoms with van der Waals surface area (Å²) in [5.41, 5.74) is 5.90. The van der Waals surface area contributed by atoms with Crippen molar-refractivity contribution in [2.24, 2.45) is 21.0 Å². The predicted molar refractivity (Wildman–Crippen MR) is 107 cm³/mol. The summed E-state index contributed by atoms with van der Waals surface area (Å²) >= 11 is 0. The highest BCUT2D eigenvalue weighted by Gasteiger charge is 2.11. The lowest BCUT2D eigenvalue weighted by molar-refractivity contribution is 0.0954. The molecule has 2 N–H and O–H groups in total. The Morgan fingerprint density at radius 1 is 0.846 bits per heavy atom. The van der Waals surface area contributed by atoms with Crippen molar-refractivity contribution in [3.63, 3.8) is 0 Å². The van der Waals surface area contributed by atoms with Crippen LogP contribution in [0, 0.1) is 10.8 Å². The number of carbonyl (C=O) groups is 2. The summed E-state index contributed by atoms with van der Waals surface area (Å²) in [4.78, 5) is 24.3. The van der Waals surface area contributed by atoms with E-state index in [-0.39, 0.29) is 22.6 Å². The monoisotopic (exact) mass is 358 g/mol. The predicted octanol–water partition coefficient (Wildman–Crippen LogP) is 3.99. The Morgan fingerprint density at radius 2 is 1.23 bits per heavy atom. The number of carbonyl (C=O) groups excluding carboxylic acids is 2. The van der Waals surface area contributed by atoms with Crippen LogP contribution in [-0.2, 0) is 0 Å². The topological polar surface area (TPSA) is 82.9 Å². The molecule has 142 valence electrons. The normalized spacial score (nSPS) is 12.5. The fourth-order valence-electron chi connectivity index (χ4n) is 1.78. The molecule has 0 radical (unpaired) electrons. The van der Waals surface area contributed by atoms with Crippen molar-refractivity contribution >= 4 is 24.2 Å². The Balaban J connectivity index is 2.63. The quantitative estimate of drug-likeness (QED) is 0.595. The van der Waals surface area contributed by atoms with Crippen molar-refractivity contribution < 1.29 is 9.59 Å². The van der Waals surface area contributed by atoms with E-state index in [1.807, 2.05) is 0 Å². The Labute approximate surface area is 156 Å². The van der Waals surface area contributed by atoms with Gasteiger partial charge in [-0.3, -0.25) is 9.59 Å². The van der Waals surface area contributed by atoms with E-state index in [1.165, 1.54) is 6.07 Å². The van der Waals surface area contributed by atoms with Gasteiger partial charge < -0.3 is 0 Å². The summed E-state index contributed by atoms with van der Waals surface area (Å²) in [5, 5.41) is 7.89. The second kappa shape index (κ2) is 9.27. The smallest absolute Gasteiger partial charge is 0.267 e. The van der Waals surface area contributed by atoms with Crippen LogP contribution in [-0.4, -0.2) is 24.2 Å². The van der Waals surface area contributed by atoms with Gasteiger partial charge >= 0.3 is 0 Å². The van der Waals surface area contributed by atoms with E-state index in [2.05, 4.69) is 62.6 Å². The number of benzene rings is 1. The number of hydrazone groups is 2. The zero-order valence-corrected chi connectivity index (χ0v) is 16.6. The summed E-state index contributed by atoms with van der Waals surface area (Å²) in [7, 11) is 0. The summed E-state index contributed by atoms with van der Waals surface area (Å²) in [5.74, 6) is -0.720. The highest BCUT2D eigenvalue weighted by molar-refractivity contribution is 5.99. The third-order valence-corrected chi connectivity index (χ3v) is 3.31. The molecular formula is C20H30N4O2. The largest absolute Gasteiger partial charge is 0.271 e. The van der Waals surface area contributed by atoms with Gasteiger partial charge in [0.25, 0.3) is 11.8 Å². The summed E-state index contributed by atoms with van der Waals surface area (Å²) in [6.45, 7) is 12.5. The SMILES string of the molecule is CC(C)(C)CC=NNC(=O)c1cccc(C(=O)NN=CCC(C)(C)C)c1. The zero-order chi connectivity index (χ0) is 19.8. The third-order valence-electron chi connectivity index (χ3n) is 3.31. The van der Waals surface area contributed by atoms with Crippen LogP contribution in [0.15, 0.2) is 34.5 Å². The lowest BCUT2D eigenvalue weighted by Gasteiger charge is -2.13. The minimum Gasteiger partial charge on any atom is -0.267 e. The van der Waals surface area contributed by atoms with Crippen LogP contribution in [0.2, 0.25) is 0 Å². The fraction of sp³-hybridized carbons (Fsp3) is 0.500. The number of hydrogen-bond acceptors (Lipinski definition) is 4. The molecule has 26 heavy (non-hydrogen) atoms. The van der Waals surface area contributed by atoms with E-state index < -0.39 is 0 Å². The Hall–Kier alpha value is -2.50. The van der Waals surface area contributed by atoms with Crippen LogP contribution < -0.4 is 10.9 Å². The number of nitrogens with one attached hydrogen (secondary N) is 2. The minimum atomic E-state index is -0.360. The van der Waals surface area contributed by atoms with Gasteiger partial charge in [-0.15, -0.1) is 0 Å². The van der Waals surface area contributed by atoms with Crippen molar-refractivity contribution in [2.75, 3.05) is 0 Å². The molecule has 6 nitrogen and oxygen atoms in total. The summed E-state index contributed by atoms with van der Waals surface area (Å²) in [6, 6.07) is 6.44. The van der Waals surface area contributed by atoms with Crippen LogP contribution in [0.25, 0.3) is 0 Å². The van der Waals surface area contributed by atoms with Gasteiger partial charge in [-0.2, -0.15) is 10.2 Å². The van der Waals surface area contributed by atoms with Gasteiger partial charge in [0.1, 0.15) is 0 Å². The molecule has 0 aliphatic heterocycles. The van der Waals surface area contributed by atoms with E-state index in [0.29, 0.717) is 11.1 Å². The van der Waals surface area contributed by atoms with E-state index in [9.17, 15) is 9.59 Å². The molecule has 0 heterocycles. The van der Waals surface area contributed by atoms with Gasteiger partial charge in [-0.25, -0.2) is 10.9 Å². The van der Waals surface area contributed by atoms with Gasteiger partial charge in [0, 0.05) is 23.6 Å². The molecule has 0 saturated carbocycles. The standard InChI is InChI=1S/C20H30N4O2/c1-19(2,3)10-12-21-23-17(25)15-8-7-9-16(14-15)18(26)24-22-13-11-20(4,5)6/h7-9,12-14H,10-11H2,1-6H3,(H,23,25)(H,24,26). The maximum Gasteiger partial charge on any atom is 0.271 e. The van der Waals surface area contributed by atoms with Gasteiger partial charge in [0.15, 0.2) is 0 Å². The van der Waals surface area contributed by atoms with Gasteiger partial charge in [0.05, 0.1) is 0 Å². The first-order chi connectivity index (χ1) is 12.0. The van der Waals surface area contributed by atoms with E-state index in [0.717, 1.165) is 12.8 Å². The highest BCUT2D eigenvalue weighted by Crippen LogP contribution is 2.16. The van der Waals surface area contributed by atoms with Crippen LogP contribution in [0.1, 0.15) is 75.1 Å². The molecule has 0 atom stereocenters. The Morgan fingerprint density at radius 3 is 1.58 bits per heavy atom. The molecule has 1 aromatic rings. The zero-order valence-electron chi connectivity index (χ0n) is 16.6. The average Bonchev–Trinajstić information content (AvgIpc) is 2.53. The second-order valence-corrected chi connectivity index (χ2v) is 8.62.